The minimum Gasteiger partial charge on any atom is -0.424 e. The van der Waals surface area contributed by atoms with Gasteiger partial charge < -0.3 is 9.73 Å². The summed E-state index contributed by atoms with van der Waals surface area (Å²) in [5, 5.41) is 11.0. The van der Waals surface area contributed by atoms with Crippen molar-refractivity contribution in [3.05, 3.63) is 11.8 Å². The van der Waals surface area contributed by atoms with Crippen LogP contribution in [0.4, 0.5) is 4.79 Å². The molecule has 3 heterocycles. The van der Waals surface area contributed by atoms with Gasteiger partial charge in [0.05, 0.1) is 6.54 Å². The molecule has 8 nitrogen and oxygen atoms in total. The molecule has 0 spiro atoms. The fourth-order valence-electron chi connectivity index (χ4n) is 3.78. The Morgan fingerprint density at radius 2 is 2.04 bits per heavy atom. The van der Waals surface area contributed by atoms with Crippen LogP contribution >= 0.6 is 0 Å². The molecule has 0 saturated carbocycles. The van der Waals surface area contributed by atoms with E-state index in [0.717, 1.165) is 32.4 Å². The van der Waals surface area contributed by atoms with E-state index in [9.17, 15) is 9.59 Å². The number of nitrogens with zero attached hydrogens (tertiary/aromatic N) is 4. The molecule has 0 radical (unpaired) electrons. The van der Waals surface area contributed by atoms with Gasteiger partial charge in [-0.1, -0.05) is 6.92 Å². The lowest BCUT2D eigenvalue weighted by Gasteiger charge is -2.39. The smallest absolute Gasteiger partial charge is 0.325 e. The first-order chi connectivity index (χ1) is 11.8. The molecule has 3 amide bonds. The third-order valence-corrected chi connectivity index (χ3v) is 5.26. The van der Waals surface area contributed by atoms with Gasteiger partial charge in [-0.05, 0) is 40.2 Å². The molecular weight excluding hydrogens is 322 g/mol. The van der Waals surface area contributed by atoms with Crippen molar-refractivity contribution in [1.29, 1.82) is 0 Å². The zero-order valence-corrected chi connectivity index (χ0v) is 15.4. The quantitative estimate of drug-likeness (QED) is 0.811. The van der Waals surface area contributed by atoms with Crippen LogP contribution in [0, 0.1) is 5.92 Å². The second-order valence-electron chi connectivity index (χ2n) is 7.42. The third-order valence-electron chi connectivity index (χ3n) is 5.26. The summed E-state index contributed by atoms with van der Waals surface area (Å²) in [5.74, 6) is 1.19. The van der Waals surface area contributed by atoms with Gasteiger partial charge in [-0.15, -0.1) is 10.2 Å². The molecule has 2 fully saturated rings. The number of urea groups is 1. The number of imide groups is 1. The number of rotatable bonds is 5. The second kappa shape index (κ2) is 6.74. The Labute approximate surface area is 147 Å². The van der Waals surface area contributed by atoms with Crippen molar-refractivity contribution in [3.63, 3.8) is 0 Å². The Hall–Kier alpha value is -1.96. The van der Waals surface area contributed by atoms with Crippen molar-refractivity contribution < 1.29 is 14.0 Å². The molecule has 3 rings (SSSR count). The monoisotopic (exact) mass is 349 g/mol. The number of hydrogen-bond donors (Lipinski definition) is 1. The lowest BCUT2D eigenvalue weighted by Crippen LogP contribution is -2.56. The maximum atomic E-state index is 12.9. The Kier molecular flexibility index (Phi) is 4.81. The third kappa shape index (κ3) is 3.27. The lowest BCUT2D eigenvalue weighted by atomic mass is 9.80. The number of carbonyl (C=O) groups excluding carboxylic acids is 2. The number of piperidine rings is 1. The van der Waals surface area contributed by atoms with E-state index in [1.54, 1.807) is 0 Å². The molecule has 1 aromatic rings. The summed E-state index contributed by atoms with van der Waals surface area (Å²) in [6.07, 6.45) is 2.61. The van der Waals surface area contributed by atoms with Crippen LogP contribution in [0.3, 0.4) is 0 Å². The molecule has 25 heavy (non-hydrogen) atoms. The van der Waals surface area contributed by atoms with Crippen LogP contribution < -0.4 is 5.32 Å². The zero-order valence-electron chi connectivity index (χ0n) is 15.4. The molecule has 2 saturated heterocycles. The minimum absolute atomic E-state index is 0.0648. The van der Waals surface area contributed by atoms with Gasteiger partial charge in [-0.2, -0.15) is 0 Å². The van der Waals surface area contributed by atoms with Crippen molar-refractivity contribution in [3.8, 4) is 0 Å². The van der Waals surface area contributed by atoms with E-state index in [2.05, 4.69) is 20.4 Å². The molecule has 2 aliphatic rings. The normalized spacial score (nSPS) is 28.0. The Bertz CT molecular complexity index is 658. The summed E-state index contributed by atoms with van der Waals surface area (Å²) in [6.45, 7) is 9.77. The molecule has 0 unspecified atom stereocenters. The fourth-order valence-corrected chi connectivity index (χ4v) is 3.78. The molecule has 138 valence electrons. The highest BCUT2D eigenvalue weighted by Crippen LogP contribution is 2.33. The molecule has 1 N–H and O–H groups in total. The van der Waals surface area contributed by atoms with Gasteiger partial charge in [0, 0.05) is 24.9 Å². The van der Waals surface area contributed by atoms with Crippen LogP contribution in [-0.4, -0.2) is 56.6 Å². The Morgan fingerprint density at radius 1 is 1.32 bits per heavy atom. The molecule has 2 atom stereocenters. The topological polar surface area (TPSA) is 91.6 Å². The summed E-state index contributed by atoms with van der Waals surface area (Å²) in [4.78, 5) is 28.7. The van der Waals surface area contributed by atoms with Crippen LogP contribution in [-0.2, 0) is 17.8 Å². The predicted molar refractivity (Wildman–Crippen MR) is 90.6 cm³/mol. The first kappa shape index (κ1) is 17.8. The van der Waals surface area contributed by atoms with Crippen LogP contribution in [0.2, 0.25) is 0 Å². The predicted octanol–water partition coefficient (Wildman–Crippen LogP) is 1.56. The highest BCUT2D eigenvalue weighted by molar-refractivity contribution is 6.07. The van der Waals surface area contributed by atoms with E-state index < -0.39 is 5.54 Å². The van der Waals surface area contributed by atoms with Gasteiger partial charge in [0.1, 0.15) is 5.54 Å². The van der Waals surface area contributed by atoms with E-state index >= 15 is 0 Å². The van der Waals surface area contributed by atoms with Gasteiger partial charge in [0.2, 0.25) is 11.8 Å². The van der Waals surface area contributed by atoms with Gasteiger partial charge in [-0.25, -0.2) is 4.79 Å². The standard InChI is InChI=1S/C17H27N5O3/c1-5-13-19-20-14(25-13)10-21-8-6-7-12(9-21)17(4)15(23)22(11(2)3)16(24)18-17/h11-12H,5-10H2,1-4H3,(H,18,24)/t12-,17-/m0/s1. The molecule has 0 bridgehead atoms. The molecular formula is C17H27N5O3. The fraction of sp³-hybridized carbons (Fsp3) is 0.765. The number of aryl methyl sites for hydroxylation is 1. The number of nitrogens with one attached hydrogen (secondary N) is 1. The highest BCUT2D eigenvalue weighted by Gasteiger charge is 2.53. The van der Waals surface area contributed by atoms with Crippen LogP contribution in [0.5, 0.6) is 0 Å². The first-order valence-corrected chi connectivity index (χ1v) is 9.04. The van der Waals surface area contributed by atoms with E-state index in [-0.39, 0.29) is 23.9 Å². The summed E-state index contributed by atoms with van der Waals surface area (Å²) in [6, 6.07) is -0.427. The van der Waals surface area contributed by atoms with Crippen molar-refractivity contribution in [2.24, 2.45) is 5.92 Å². The number of hydrogen-bond acceptors (Lipinski definition) is 6. The van der Waals surface area contributed by atoms with Crippen molar-refractivity contribution in [1.82, 2.24) is 25.3 Å². The number of aromatic nitrogens is 2. The van der Waals surface area contributed by atoms with Crippen LogP contribution in [0.15, 0.2) is 4.42 Å². The van der Waals surface area contributed by atoms with E-state index in [0.29, 0.717) is 18.3 Å². The first-order valence-electron chi connectivity index (χ1n) is 9.04. The molecule has 0 aliphatic carbocycles. The van der Waals surface area contributed by atoms with Gasteiger partial charge in [-0.3, -0.25) is 14.6 Å². The highest BCUT2D eigenvalue weighted by atomic mass is 16.4. The average molecular weight is 349 g/mol. The summed E-state index contributed by atoms with van der Waals surface area (Å²) < 4.78 is 5.60. The van der Waals surface area contributed by atoms with E-state index in [1.807, 2.05) is 27.7 Å². The molecule has 8 heteroatoms. The van der Waals surface area contributed by atoms with Crippen molar-refractivity contribution in [2.45, 2.75) is 65.1 Å². The SMILES string of the molecule is CCc1nnc(CN2CCC[C@H]([C@]3(C)NC(=O)N(C(C)C)C3=O)C2)o1. The largest absolute Gasteiger partial charge is 0.424 e. The average Bonchev–Trinajstić information content (AvgIpc) is 3.10. The molecule has 0 aromatic carbocycles. The van der Waals surface area contributed by atoms with E-state index in [4.69, 9.17) is 4.42 Å². The zero-order chi connectivity index (χ0) is 18.2. The minimum atomic E-state index is -0.844. The Balaban J connectivity index is 1.70. The summed E-state index contributed by atoms with van der Waals surface area (Å²) in [7, 11) is 0. The van der Waals surface area contributed by atoms with Crippen molar-refractivity contribution in [2.75, 3.05) is 13.1 Å². The maximum Gasteiger partial charge on any atom is 0.325 e. The van der Waals surface area contributed by atoms with Gasteiger partial charge >= 0.3 is 6.03 Å². The summed E-state index contributed by atoms with van der Waals surface area (Å²) in [5.41, 5.74) is -0.844. The van der Waals surface area contributed by atoms with Gasteiger partial charge in [0.25, 0.3) is 5.91 Å². The van der Waals surface area contributed by atoms with Crippen LogP contribution in [0.1, 0.15) is 52.3 Å². The lowest BCUT2D eigenvalue weighted by molar-refractivity contribution is -0.134. The Morgan fingerprint density at radius 3 is 2.64 bits per heavy atom. The summed E-state index contributed by atoms with van der Waals surface area (Å²) >= 11 is 0. The molecule has 1 aromatic heterocycles. The molecule has 2 aliphatic heterocycles. The number of likely N-dealkylation sites (tertiary alicyclic amines) is 1. The van der Waals surface area contributed by atoms with Gasteiger partial charge in [0.15, 0.2) is 0 Å². The number of carbonyl (C=O) groups is 2. The van der Waals surface area contributed by atoms with Crippen molar-refractivity contribution >= 4 is 11.9 Å². The second-order valence-corrected chi connectivity index (χ2v) is 7.42. The van der Waals surface area contributed by atoms with Crippen LogP contribution in [0.25, 0.3) is 0 Å². The maximum absolute atomic E-state index is 12.9. The number of amides is 3. The van der Waals surface area contributed by atoms with E-state index in [1.165, 1.54) is 4.90 Å².